The zero-order chi connectivity index (χ0) is 34.2. The zero-order valence-corrected chi connectivity index (χ0v) is 28.1. The van der Waals surface area contributed by atoms with Gasteiger partial charge in [-0.3, -0.25) is 0 Å². The maximum atomic E-state index is 6.24. The minimum Gasteiger partial charge on any atom is -0.457 e. The molecule has 0 bridgehead atoms. The van der Waals surface area contributed by atoms with Crippen LogP contribution in [0.15, 0.2) is 218 Å². The Morgan fingerprint density at radius 1 is 0.216 bits per heavy atom. The molecular weight excluding hydrogens is 621 g/mol. The van der Waals surface area contributed by atoms with E-state index in [1.165, 1.54) is 0 Å². The topological polar surface area (TPSA) is 15.7 Å². The third-order valence-corrected chi connectivity index (χ3v) is 8.92. The number of hydrogen-bond donors (Lipinski definition) is 0. The van der Waals surface area contributed by atoms with E-state index in [9.17, 15) is 0 Å². The maximum absolute atomic E-state index is 6.24. The van der Waals surface area contributed by atoms with E-state index in [0.717, 1.165) is 67.9 Å². The summed E-state index contributed by atoms with van der Waals surface area (Å²) >= 11 is 0. The summed E-state index contributed by atoms with van der Waals surface area (Å²) < 4.78 is 6.24. The molecule has 0 N–H and O–H groups in total. The maximum Gasteiger partial charge on any atom is 0.127 e. The van der Waals surface area contributed by atoms with E-state index >= 15 is 0 Å². The summed E-state index contributed by atoms with van der Waals surface area (Å²) in [6, 6.07) is 75.8. The molecule has 8 aromatic rings. The summed E-state index contributed by atoms with van der Waals surface area (Å²) in [4.78, 5) is 4.54. The molecule has 8 rings (SSSR count). The normalized spacial score (nSPS) is 10.7. The van der Waals surface area contributed by atoms with Gasteiger partial charge in [0.1, 0.15) is 11.5 Å². The van der Waals surface area contributed by atoms with Crippen molar-refractivity contribution in [2.45, 2.75) is 0 Å². The van der Waals surface area contributed by atoms with Gasteiger partial charge in [-0.1, -0.05) is 121 Å². The summed E-state index contributed by atoms with van der Waals surface area (Å²) in [5.41, 5.74) is 11.3. The van der Waals surface area contributed by atoms with Crippen molar-refractivity contribution in [2.24, 2.45) is 0 Å². The number of anilines is 6. The molecule has 0 saturated carbocycles. The minimum atomic E-state index is 0.800. The molecule has 3 heteroatoms. The van der Waals surface area contributed by atoms with Crippen molar-refractivity contribution < 1.29 is 4.74 Å². The minimum absolute atomic E-state index is 0.800. The first kappa shape index (κ1) is 31.4. The number of benzene rings is 8. The van der Waals surface area contributed by atoms with Crippen LogP contribution in [0.25, 0.3) is 22.3 Å². The molecule has 51 heavy (non-hydrogen) atoms. The average molecular weight is 657 g/mol. The Morgan fingerprint density at radius 2 is 0.431 bits per heavy atom. The molecule has 0 amide bonds. The first-order chi connectivity index (χ1) is 25.3. The van der Waals surface area contributed by atoms with E-state index in [1.807, 2.05) is 48.5 Å². The number of ether oxygens (including phenoxy) is 1. The van der Waals surface area contributed by atoms with Gasteiger partial charge in [-0.2, -0.15) is 0 Å². The fourth-order valence-electron chi connectivity index (χ4n) is 6.38. The van der Waals surface area contributed by atoms with Gasteiger partial charge in [0.25, 0.3) is 0 Å². The fourth-order valence-corrected chi connectivity index (χ4v) is 6.38. The first-order valence-electron chi connectivity index (χ1n) is 17.2. The molecule has 0 unspecified atom stereocenters. The van der Waals surface area contributed by atoms with Crippen LogP contribution in [0, 0.1) is 0 Å². The van der Waals surface area contributed by atoms with Crippen molar-refractivity contribution in [3.8, 4) is 33.8 Å². The van der Waals surface area contributed by atoms with Crippen LogP contribution in [0.4, 0.5) is 34.1 Å². The van der Waals surface area contributed by atoms with Crippen LogP contribution < -0.4 is 14.5 Å². The van der Waals surface area contributed by atoms with Gasteiger partial charge in [0.2, 0.25) is 0 Å². The lowest BCUT2D eigenvalue weighted by molar-refractivity contribution is 0.483. The lowest BCUT2D eigenvalue weighted by Crippen LogP contribution is -2.09. The summed E-state index contributed by atoms with van der Waals surface area (Å²) in [7, 11) is 0. The lowest BCUT2D eigenvalue weighted by Gasteiger charge is -2.25. The fraction of sp³-hybridized carbons (Fsp3) is 0. The van der Waals surface area contributed by atoms with E-state index < -0.39 is 0 Å². The lowest BCUT2D eigenvalue weighted by atomic mass is 10.0. The molecule has 0 fully saturated rings. The van der Waals surface area contributed by atoms with Crippen molar-refractivity contribution in [1.29, 1.82) is 0 Å². The summed E-state index contributed by atoms with van der Waals surface area (Å²) in [5.74, 6) is 1.60. The third-order valence-electron chi connectivity index (χ3n) is 8.92. The Kier molecular flexibility index (Phi) is 9.08. The summed E-state index contributed by atoms with van der Waals surface area (Å²) in [6.45, 7) is 0. The molecule has 0 spiro atoms. The second-order valence-corrected chi connectivity index (χ2v) is 12.3. The quantitative estimate of drug-likeness (QED) is 0.146. The largest absolute Gasteiger partial charge is 0.457 e. The van der Waals surface area contributed by atoms with E-state index in [0.29, 0.717) is 0 Å². The summed E-state index contributed by atoms with van der Waals surface area (Å²) in [5, 5.41) is 0. The van der Waals surface area contributed by atoms with Crippen molar-refractivity contribution in [3.63, 3.8) is 0 Å². The smallest absolute Gasteiger partial charge is 0.127 e. The first-order valence-corrected chi connectivity index (χ1v) is 17.2. The number of hydrogen-bond acceptors (Lipinski definition) is 3. The molecule has 8 aromatic carbocycles. The van der Waals surface area contributed by atoms with Gasteiger partial charge in [-0.05, 0) is 119 Å². The Hall–Kier alpha value is -6.84. The highest BCUT2D eigenvalue weighted by Crippen LogP contribution is 2.37. The average Bonchev–Trinajstić information content (AvgIpc) is 3.21. The zero-order valence-electron chi connectivity index (χ0n) is 28.1. The Labute approximate surface area is 299 Å². The van der Waals surface area contributed by atoms with Gasteiger partial charge in [0.15, 0.2) is 0 Å². The van der Waals surface area contributed by atoms with Crippen LogP contribution in [0.1, 0.15) is 0 Å². The number of nitrogens with zero attached hydrogens (tertiary/aromatic N) is 2. The van der Waals surface area contributed by atoms with E-state index in [2.05, 4.69) is 180 Å². The molecule has 0 aliphatic carbocycles. The highest BCUT2D eigenvalue weighted by Gasteiger charge is 2.13. The van der Waals surface area contributed by atoms with E-state index in [4.69, 9.17) is 4.74 Å². The van der Waals surface area contributed by atoms with Crippen molar-refractivity contribution in [1.82, 2.24) is 0 Å². The van der Waals surface area contributed by atoms with Crippen molar-refractivity contribution >= 4 is 34.1 Å². The highest BCUT2D eigenvalue weighted by atomic mass is 16.5. The molecular formula is C48H36N2O. The number of rotatable bonds is 10. The second-order valence-electron chi connectivity index (χ2n) is 12.3. The molecule has 0 saturated heterocycles. The molecule has 0 radical (unpaired) electrons. The monoisotopic (exact) mass is 656 g/mol. The second kappa shape index (κ2) is 14.7. The molecule has 0 aliphatic rings. The Morgan fingerprint density at radius 3 is 0.686 bits per heavy atom. The van der Waals surface area contributed by atoms with E-state index in [1.54, 1.807) is 0 Å². The van der Waals surface area contributed by atoms with Gasteiger partial charge < -0.3 is 14.5 Å². The van der Waals surface area contributed by atoms with Gasteiger partial charge in [-0.15, -0.1) is 0 Å². The Bertz CT molecular complexity index is 2030. The SMILES string of the molecule is c1ccc(N(c2ccccc2)c2ccc(-c3ccc(Oc4ccc(-c5ccc(N(c6ccccc6)c6ccccc6)cc5)cc4)cc3)cc2)cc1. The van der Waals surface area contributed by atoms with Gasteiger partial charge in [0.05, 0.1) is 0 Å². The van der Waals surface area contributed by atoms with Crippen LogP contribution in [0.2, 0.25) is 0 Å². The standard InChI is InChI=1S/C48H36N2O/c1-5-13-41(14-6-1)49(42-15-7-2-8-16-42)45-29-21-37(22-30-45)39-25-33-47(34-26-39)51-48-35-27-40(28-36-48)38-23-31-46(32-24-38)50(43-17-9-3-10-18-43)44-19-11-4-12-20-44/h1-36H. The van der Waals surface area contributed by atoms with Gasteiger partial charge in [-0.25, -0.2) is 0 Å². The molecule has 0 atom stereocenters. The van der Waals surface area contributed by atoms with Gasteiger partial charge >= 0.3 is 0 Å². The van der Waals surface area contributed by atoms with E-state index in [-0.39, 0.29) is 0 Å². The Balaban J connectivity index is 0.945. The third kappa shape index (κ3) is 7.15. The molecule has 0 aromatic heterocycles. The van der Waals surface area contributed by atoms with Crippen LogP contribution in [-0.4, -0.2) is 0 Å². The van der Waals surface area contributed by atoms with Crippen LogP contribution >= 0.6 is 0 Å². The van der Waals surface area contributed by atoms with Crippen LogP contribution in [0.5, 0.6) is 11.5 Å². The number of para-hydroxylation sites is 4. The molecule has 3 nitrogen and oxygen atoms in total. The van der Waals surface area contributed by atoms with Crippen molar-refractivity contribution in [2.75, 3.05) is 9.80 Å². The predicted octanol–water partition coefficient (Wildman–Crippen LogP) is 13.8. The van der Waals surface area contributed by atoms with Crippen LogP contribution in [0.3, 0.4) is 0 Å². The highest BCUT2D eigenvalue weighted by molar-refractivity contribution is 5.79. The van der Waals surface area contributed by atoms with Crippen LogP contribution in [-0.2, 0) is 0 Å². The van der Waals surface area contributed by atoms with Crippen molar-refractivity contribution in [3.05, 3.63) is 218 Å². The predicted molar refractivity (Wildman–Crippen MR) is 213 cm³/mol. The molecule has 0 heterocycles. The molecule has 0 aliphatic heterocycles. The summed E-state index contributed by atoms with van der Waals surface area (Å²) in [6.07, 6.45) is 0. The van der Waals surface area contributed by atoms with Gasteiger partial charge in [0, 0.05) is 34.1 Å². The molecule has 244 valence electrons.